The molecule has 2 rings (SSSR count). The number of rotatable bonds is 5. The lowest BCUT2D eigenvalue weighted by Gasteiger charge is -2.38. The first-order valence-electron chi connectivity index (χ1n) is 6.49. The maximum Gasteiger partial charge on any atom is 0.175 e. The number of ether oxygens (including phenoxy) is 1. The van der Waals surface area contributed by atoms with Gasteiger partial charge < -0.3 is 9.84 Å². The van der Waals surface area contributed by atoms with Crippen LogP contribution >= 0.6 is 0 Å². The summed E-state index contributed by atoms with van der Waals surface area (Å²) >= 11 is 0. The first-order chi connectivity index (χ1) is 8.66. The highest BCUT2D eigenvalue weighted by Gasteiger charge is 2.44. The Morgan fingerprint density at radius 2 is 2.17 bits per heavy atom. The Bertz CT molecular complexity index is 442. The van der Waals surface area contributed by atoms with E-state index in [2.05, 4.69) is 6.92 Å². The van der Waals surface area contributed by atoms with Gasteiger partial charge in [0.05, 0.1) is 24.7 Å². The fourth-order valence-electron chi connectivity index (χ4n) is 2.50. The Labute approximate surface area is 108 Å². The molecule has 1 aliphatic carbocycles. The first-order valence-corrected chi connectivity index (χ1v) is 6.49. The molecule has 0 saturated heterocycles. The Morgan fingerprint density at radius 1 is 1.44 bits per heavy atom. The highest BCUT2D eigenvalue weighted by atomic mass is 16.5. The fourth-order valence-corrected chi connectivity index (χ4v) is 2.50. The van der Waals surface area contributed by atoms with Gasteiger partial charge in [0.15, 0.2) is 5.78 Å². The van der Waals surface area contributed by atoms with Crippen LogP contribution in [0.1, 0.15) is 42.1 Å². The number of Topliss-reactive ketones (excluding diaryl/α,β-unsaturated/α-hetero) is 1. The molecule has 1 saturated carbocycles. The maximum absolute atomic E-state index is 12.6. The van der Waals surface area contributed by atoms with Crippen LogP contribution in [0.5, 0.6) is 5.75 Å². The smallest absolute Gasteiger partial charge is 0.175 e. The van der Waals surface area contributed by atoms with Crippen molar-refractivity contribution in [2.45, 2.75) is 32.6 Å². The normalized spacial score (nSPS) is 17.1. The third-order valence-corrected chi connectivity index (χ3v) is 4.01. The summed E-state index contributed by atoms with van der Waals surface area (Å²) in [6.07, 6.45) is 3.46. The van der Waals surface area contributed by atoms with Gasteiger partial charge >= 0.3 is 0 Å². The average Bonchev–Trinajstić information content (AvgIpc) is 2.37. The minimum atomic E-state index is -0.556. The third kappa shape index (κ3) is 2.03. The lowest BCUT2D eigenvalue weighted by molar-refractivity contribution is 0.0345. The second-order valence-corrected chi connectivity index (χ2v) is 5.01. The topological polar surface area (TPSA) is 46.5 Å². The molecule has 1 N–H and O–H groups in total. The zero-order chi connectivity index (χ0) is 13.2. The molecule has 3 heteroatoms. The highest BCUT2D eigenvalue weighted by molar-refractivity contribution is 6.03. The second kappa shape index (κ2) is 5.11. The summed E-state index contributed by atoms with van der Waals surface area (Å²) in [5.41, 5.74) is 1.18. The zero-order valence-electron chi connectivity index (χ0n) is 11.0. The Balaban J connectivity index is 2.39. The van der Waals surface area contributed by atoms with Crippen LogP contribution < -0.4 is 4.74 Å². The van der Waals surface area contributed by atoms with E-state index in [-0.39, 0.29) is 12.4 Å². The lowest BCUT2D eigenvalue weighted by atomic mass is 9.65. The molecule has 1 aromatic carbocycles. The minimum Gasteiger partial charge on any atom is -0.496 e. The molecular weight excluding hydrogens is 228 g/mol. The van der Waals surface area contributed by atoms with E-state index >= 15 is 0 Å². The van der Waals surface area contributed by atoms with Crippen LogP contribution in [0.2, 0.25) is 0 Å². The van der Waals surface area contributed by atoms with E-state index in [1.807, 2.05) is 18.2 Å². The minimum absolute atomic E-state index is 0.0309. The van der Waals surface area contributed by atoms with Crippen LogP contribution in [-0.2, 0) is 6.42 Å². The summed E-state index contributed by atoms with van der Waals surface area (Å²) in [6, 6.07) is 5.72. The van der Waals surface area contributed by atoms with Gasteiger partial charge in [-0.1, -0.05) is 19.4 Å². The number of aryl methyl sites for hydroxylation is 1. The van der Waals surface area contributed by atoms with Gasteiger partial charge in [0, 0.05) is 0 Å². The van der Waals surface area contributed by atoms with Gasteiger partial charge in [0.2, 0.25) is 0 Å². The number of carbonyl (C=O) groups is 1. The van der Waals surface area contributed by atoms with Gasteiger partial charge in [-0.15, -0.1) is 0 Å². The van der Waals surface area contributed by atoms with Crippen LogP contribution in [0.3, 0.4) is 0 Å². The molecular formula is C15H20O3. The molecule has 18 heavy (non-hydrogen) atoms. The average molecular weight is 248 g/mol. The van der Waals surface area contributed by atoms with Crippen molar-refractivity contribution < 1.29 is 14.6 Å². The Hall–Kier alpha value is -1.35. The fraction of sp³-hybridized carbons (Fsp3) is 0.533. The van der Waals surface area contributed by atoms with Crippen molar-refractivity contribution in [2.75, 3.05) is 13.7 Å². The van der Waals surface area contributed by atoms with Crippen molar-refractivity contribution in [2.24, 2.45) is 5.41 Å². The van der Waals surface area contributed by atoms with Gasteiger partial charge in [-0.3, -0.25) is 4.79 Å². The first kappa shape index (κ1) is 13.1. The molecule has 1 aliphatic rings. The summed E-state index contributed by atoms with van der Waals surface area (Å²) in [5.74, 6) is 0.639. The molecule has 0 amide bonds. The van der Waals surface area contributed by atoms with E-state index in [1.54, 1.807) is 7.11 Å². The quantitative estimate of drug-likeness (QED) is 0.815. The Morgan fingerprint density at radius 3 is 2.61 bits per heavy atom. The standard InChI is InChI=1S/C15H20O3/c1-3-11-5-6-13(18-2)12(9-11)14(17)15(10-16)7-4-8-15/h5-6,9,16H,3-4,7-8,10H2,1-2H3. The molecule has 0 heterocycles. The highest BCUT2D eigenvalue weighted by Crippen LogP contribution is 2.44. The number of carbonyl (C=O) groups excluding carboxylic acids is 1. The summed E-state index contributed by atoms with van der Waals surface area (Å²) < 4.78 is 5.27. The Kier molecular flexibility index (Phi) is 3.71. The lowest BCUT2D eigenvalue weighted by Crippen LogP contribution is -2.41. The van der Waals surface area contributed by atoms with Crippen LogP contribution in [0.15, 0.2) is 18.2 Å². The van der Waals surface area contributed by atoms with Gasteiger partial charge in [-0.2, -0.15) is 0 Å². The molecule has 98 valence electrons. The van der Waals surface area contributed by atoms with Crippen molar-refractivity contribution in [1.82, 2.24) is 0 Å². The van der Waals surface area contributed by atoms with Crippen LogP contribution in [0.4, 0.5) is 0 Å². The number of methoxy groups -OCH3 is 1. The third-order valence-electron chi connectivity index (χ3n) is 4.01. The monoisotopic (exact) mass is 248 g/mol. The van der Waals surface area contributed by atoms with Crippen molar-refractivity contribution in [3.63, 3.8) is 0 Å². The molecule has 0 atom stereocenters. The predicted octanol–water partition coefficient (Wildman–Crippen LogP) is 2.60. The molecule has 0 radical (unpaired) electrons. The van der Waals surface area contributed by atoms with Crippen molar-refractivity contribution in [1.29, 1.82) is 0 Å². The molecule has 1 fully saturated rings. The maximum atomic E-state index is 12.6. The van der Waals surface area contributed by atoms with Crippen LogP contribution in [0, 0.1) is 5.41 Å². The van der Waals surface area contributed by atoms with E-state index in [1.165, 1.54) is 0 Å². The summed E-state index contributed by atoms with van der Waals surface area (Å²) in [7, 11) is 1.57. The van der Waals surface area contributed by atoms with Crippen LogP contribution in [0.25, 0.3) is 0 Å². The molecule has 0 aliphatic heterocycles. The summed E-state index contributed by atoms with van der Waals surface area (Å²) in [6.45, 7) is 1.99. The van der Waals surface area contributed by atoms with E-state index in [9.17, 15) is 9.90 Å². The summed E-state index contributed by atoms with van der Waals surface area (Å²) in [5, 5.41) is 9.50. The number of hydrogen-bond donors (Lipinski definition) is 1. The second-order valence-electron chi connectivity index (χ2n) is 5.01. The van der Waals surface area contributed by atoms with E-state index in [4.69, 9.17) is 4.74 Å². The van der Waals surface area contributed by atoms with Gasteiger partial charge in [0.25, 0.3) is 0 Å². The summed E-state index contributed by atoms with van der Waals surface area (Å²) in [4.78, 5) is 12.6. The van der Waals surface area contributed by atoms with Crippen LogP contribution in [-0.4, -0.2) is 24.6 Å². The van der Waals surface area contributed by atoms with E-state index in [0.29, 0.717) is 11.3 Å². The molecule has 1 aromatic rings. The number of hydrogen-bond acceptors (Lipinski definition) is 3. The molecule has 0 bridgehead atoms. The zero-order valence-corrected chi connectivity index (χ0v) is 11.0. The number of aliphatic hydroxyl groups excluding tert-OH is 1. The molecule has 0 aromatic heterocycles. The molecule has 0 spiro atoms. The van der Waals surface area contributed by atoms with Gasteiger partial charge in [-0.25, -0.2) is 0 Å². The predicted molar refractivity (Wildman–Crippen MR) is 70.1 cm³/mol. The molecule has 3 nitrogen and oxygen atoms in total. The van der Waals surface area contributed by atoms with Crippen molar-refractivity contribution in [3.8, 4) is 5.75 Å². The van der Waals surface area contributed by atoms with Crippen molar-refractivity contribution >= 4 is 5.78 Å². The largest absolute Gasteiger partial charge is 0.496 e. The van der Waals surface area contributed by atoms with E-state index in [0.717, 1.165) is 31.2 Å². The number of ketones is 1. The number of aliphatic hydroxyl groups is 1. The molecule has 0 unspecified atom stereocenters. The number of benzene rings is 1. The van der Waals surface area contributed by atoms with E-state index < -0.39 is 5.41 Å². The van der Waals surface area contributed by atoms with Gasteiger partial charge in [0.1, 0.15) is 5.75 Å². The SMILES string of the molecule is CCc1ccc(OC)c(C(=O)C2(CO)CCC2)c1. The van der Waals surface area contributed by atoms with Crippen molar-refractivity contribution in [3.05, 3.63) is 29.3 Å². The van der Waals surface area contributed by atoms with Gasteiger partial charge in [-0.05, 0) is 37.0 Å².